The molecule has 27 N–H and O–H groups in total. The van der Waals surface area contributed by atoms with Gasteiger partial charge >= 0.3 is 11.9 Å². The normalized spacial score (nSPS) is 17.2. The molecule has 1 aliphatic rings. The van der Waals surface area contributed by atoms with Crippen molar-refractivity contribution in [1.82, 2.24) is 88.6 Å². The summed E-state index contributed by atoms with van der Waals surface area (Å²) in [6.45, 7) is 4.89. The van der Waals surface area contributed by atoms with Crippen LogP contribution in [0.2, 0.25) is 0 Å². The van der Waals surface area contributed by atoms with E-state index in [-0.39, 0.29) is 44.3 Å². The second-order valence-corrected chi connectivity index (χ2v) is 26.2. The number of hydrogen-bond acceptors (Lipinski definition) is 25. The topological polar surface area (TPSA) is 715 Å². The number of nitrogens with zero attached hydrogens (tertiary/aromatic N) is 3. The fourth-order valence-electron chi connectivity index (χ4n) is 11.0. The van der Waals surface area contributed by atoms with E-state index in [0.29, 0.717) is 11.3 Å². The molecule has 3 aromatic rings. The van der Waals surface area contributed by atoms with E-state index in [1.54, 1.807) is 37.3 Å². The highest BCUT2D eigenvalue weighted by Crippen LogP contribution is 2.21. The van der Waals surface area contributed by atoms with Gasteiger partial charge in [0, 0.05) is 56.0 Å². The molecule has 2 aromatic heterocycles. The number of nitrogens with one attached hydrogen (secondary N) is 14. The Kier molecular flexibility index (Phi) is 36.3. The van der Waals surface area contributed by atoms with Crippen molar-refractivity contribution in [1.29, 1.82) is 0 Å². The molecule has 0 aliphatic carbocycles. The van der Waals surface area contributed by atoms with Crippen molar-refractivity contribution in [3.05, 3.63) is 72.3 Å². The number of carboxylic acids is 2. The number of carbonyl (C=O) groups excluding carboxylic acids is 15. The largest absolute Gasteiger partial charge is 0.481 e. The molecule has 1 aliphatic heterocycles. The number of hydrogen-bond donors (Lipinski definition) is 24. The van der Waals surface area contributed by atoms with Crippen molar-refractivity contribution in [2.45, 2.75) is 209 Å². The average Bonchev–Trinajstić information content (AvgIpc) is 1.63. The standard InChI is InChI=1S/C66H98N20O24/c1-7-29(2)50(83-57(100)40(22-47(68)93)78-63(106)52(33(6)91)85-56(99)38(19-35-23-70-27-72-35)77-61(104)49(69)31(4)89)62(105)82-44(26-88)58(101)75-37(15-16-48(94)95)54(97)81-43(25-87)59(102)79-41(20-36-24-71-28-73-36)65(108)86-17-11-14-45(86)60(103)76-39(21-46(67)92)55(98)74-30(3)53(96)84-51(32(5)90)64(107)80-42(66(109)110)18-34-12-9-8-10-13-34/h8-10,12-13,23-24,27-33,37-45,49-52,87-91H,7,11,14-22,25-26,69H2,1-6H3,(H2,67,92)(H2,68,93)(H,70,72)(H,71,73)(H,74,98)(H,75,101)(H,76,103)(H,77,104)(H,78,106)(H,79,102)(H,80,107)(H,81,97)(H,82,105)(H,83,100)(H,84,96)(H,85,99)(H,94,95)(H,109,110)/t29-,30-,31+,32+,33+,37-,38-,39-,40-,41-,42-,43-,44-,45-,49-,50-,51-,52-/m0/s1. The van der Waals surface area contributed by atoms with E-state index >= 15 is 0 Å². The number of aliphatic carboxylic acids is 2. The van der Waals surface area contributed by atoms with E-state index in [1.165, 1.54) is 38.9 Å². The maximum atomic E-state index is 14.6. The number of carboxylic acid groups (broad SMARTS) is 2. The summed E-state index contributed by atoms with van der Waals surface area (Å²) in [6, 6.07) is -16.2. The lowest BCUT2D eigenvalue weighted by Gasteiger charge is -2.31. The van der Waals surface area contributed by atoms with Crippen LogP contribution in [-0.4, -0.2) is 284 Å². The monoisotopic (exact) mass is 1550 g/mol. The first-order valence-electron chi connectivity index (χ1n) is 34.8. The van der Waals surface area contributed by atoms with E-state index in [9.17, 15) is 117 Å². The van der Waals surface area contributed by atoms with Crippen LogP contribution in [0.15, 0.2) is 55.4 Å². The number of amides is 15. The van der Waals surface area contributed by atoms with Crippen molar-refractivity contribution in [2.24, 2.45) is 23.1 Å². The van der Waals surface area contributed by atoms with Gasteiger partial charge in [0.1, 0.15) is 84.6 Å². The minimum atomic E-state index is -2.03. The molecule has 44 heteroatoms. The summed E-state index contributed by atoms with van der Waals surface area (Å²) in [5.41, 5.74) is 17.7. The Labute approximate surface area is 628 Å². The van der Waals surface area contributed by atoms with Crippen LogP contribution in [0.1, 0.15) is 103 Å². The molecule has 0 spiro atoms. The van der Waals surface area contributed by atoms with Crippen LogP contribution >= 0.6 is 0 Å². The molecule has 0 radical (unpaired) electrons. The van der Waals surface area contributed by atoms with Crippen LogP contribution in [0.5, 0.6) is 0 Å². The van der Waals surface area contributed by atoms with Gasteiger partial charge in [0.05, 0.1) is 57.0 Å². The lowest BCUT2D eigenvalue weighted by Crippen LogP contribution is -2.63. The highest BCUT2D eigenvalue weighted by atomic mass is 16.4. The van der Waals surface area contributed by atoms with Crippen molar-refractivity contribution >= 4 is 101 Å². The van der Waals surface area contributed by atoms with Crippen LogP contribution < -0.4 is 81.0 Å². The first-order valence-corrected chi connectivity index (χ1v) is 34.8. The van der Waals surface area contributed by atoms with E-state index in [1.807, 2.05) is 0 Å². The number of aliphatic hydroxyl groups is 5. The van der Waals surface area contributed by atoms with Gasteiger partial charge in [-0.1, -0.05) is 50.6 Å². The quantitative estimate of drug-likeness (QED) is 0.0250. The number of aliphatic hydroxyl groups excluding tert-OH is 5. The Morgan fingerprint density at radius 2 is 0.927 bits per heavy atom. The van der Waals surface area contributed by atoms with Crippen LogP contribution in [0.25, 0.3) is 0 Å². The lowest BCUT2D eigenvalue weighted by atomic mass is 9.97. The first-order chi connectivity index (χ1) is 51.8. The number of H-pyrrole nitrogens is 2. The van der Waals surface area contributed by atoms with Gasteiger partial charge < -0.3 is 132 Å². The number of carbonyl (C=O) groups is 17. The van der Waals surface area contributed by atoms with Gasteiger partial charge in [0.2, 0.25) is 88.6 Å². The highest BCUT2D eigenvalue weighted by Gasteiger charge is 2.43. The van der Waals surface area contributed by atoms with Crippen LogP contribution in [0.3, 0.4) is 0 Å². The third-order valence-electron chi connectivity index (χ3n) is 17.4. The zero-order valence-corrected chi connectivity index (χ0v) is 60.9. The molecule has 0 unspecified atom stereocenters. The van der Waals surface area contributed by atoms with Crippen molar-refractivity contribution in [3.8, 4) is 0 Å². The summed E-state index contributed by atoms with van der Waals surface area (Å²) < 4.78 is 0. The molecule has 4 rings (SSSR count). The third kappa shape index (κ3) is 28.5. The molecule has 606 valence electrons. The number of nitrogens with two attached hydrogens (primary N) is 3. The second kappa shape index (κ2) is 44.0. The Morgan fingerprint density at radius 3 is 1.41 bits per heavy atom. The molecule has 110 heavy (non-hydrogen) atoms. The molecule has 1 aromatic carbocycles. The molecule has 44 nitrogen and oxygen atoms in total. The zero-order chi connectivity index (χ0) is 82.4. The smallest absolute Gasteiger partial charge is 0.326 e. The highest BCUT2D eigenvalue weighted by molar-refractivity contribution is 6.01. The van der Waals surface area contributed by atoms with E-state index in [4.69, 9.17) is 17.2 Å². The molecule has 0 bridgehead atoms. The predicted octanol–water partition coefficient (Wildman–Crippen LogP) is -10.8. The fourth-order valence-corrected chi connectivity index (χ4v) is 11.0. The van der Waals surface area contributed by atoms with Gasteiger partial charge in [-0.25, -0.2) is 14.8 Å². The maximum Gasteiger partial charge on any atom is 0.326 e. The van der Waals surface area contributed by atoms with Crippen molar-refractivity contribution in [3.63, 3.8) is 0 Å². The summed E-state index contributed by atoms with van der Waals surface area (Å²) in [7, 11) is 0. The van der Waals surface area contributed by atoms with E-state index in [2.05, 4.69) is 83.7 Å². The minimum Gasteiger partial charge on any atom is -0.481 e. The molecule has 18 atom stereocenters. The molecular formula is C66H98N20O24. The number of primary amides is 2. The van der Waals surface area contributed by atoms with Gasteiger partial charge in [-0.3, -0.25) is 76.7 Å². The Bertz CT molecular complexity index is 3700. The Hall–Kier alpha value is -11.6. The lowest BCUT2D eigenvalue weighted by molar-refractivity contribution is -0.143. The molecule has 3 heterocycles. The van der Waals surface area contributed by atoms with Crippen molar-refractivity contribution in [2.75, 3.05) is 19.8 Å². The SMILES string of the molecule is CC[C@H](C)[C@H](NC(=O)[C@H](CC(N)=O)NC(=O)[C@@H](NC(=O)[C@H](Cc1cnc[nH]1)NC(=O)[C@@H](N)[C@@H](C)O)[C@@H](C)O)C(=O)N[C@@H](CO)C(=O)N[C@@H](CCC(=O)O)C(=O)N[C@@H](CO)C(=O)N[C@@H](Cc1cnc[nH]1)C(=O)N1CCC[C@H]1C(=O)N[C@@H](CC(N)=O)C(=O)N[C@@H](C)C(=O)N[C@H](C(=O)N[C@@H](Cc1ccccc1)C(=O)O)[C@@H](C)O. The number of imidazole rings is 2. The van der Waals surface area contributed by atoms with Gasteiger partial charge in [-0.05, 0) is 58.4 Å². The van der Waals surface area contributed by atoms with Gasteiger partial charge in [0.15, 0.2) is 0 Å². The first kappa shape index (κ1) is 90.8. The third-order valence-corrected chi connectivity index (χ3v) is 17.4. The van der Waals surface area contributed by atoms with Crippen LogP contribution in [0, 0.1) is 5.92 Å². The molecule has 0 saturated carbocycles. The van der Waals surface area contributed by atoms with E-state index < -0.39 is 255 Å². The number of aromatic nitrogens is 4. The summed E-state index contributed by atoms with van der Waals surface area (Å²) in [5, 5.41) is 98.8. The Morgan fingerprint density at radius 1 is 0.500 bits per heavy atom. The van der Waals surface area contributed by atoms with Gasteiger partial charge in [-0.2, -0.15) is 0 Å². The number of likely N-dealkylation sites (tertiary alicyclic amines) is 1. The van der Waals surface area contributed by atoms with Gasteiger partial charge in [-0.15, -0.1) is 0 Å². The van der Waals surface area contributed by atoms with Crippen molar-refractivity contribution < 1.29 is 117 Å². The second-order valence-electron chi connectivity index (χ2n) is 26.2. The summed E-state index contributed by atoms with van der Waals surface area (Å²) in [4.78, 5) is 243. The predicted molar refractivity (Wildman–Crippen MR) is 377 cm³/mol. The molecular weight excluding hydrogens is 1460 g/mol. The molecule has 1 saturated heterocycles. The number of rotatable bonds is 46. The maximum absolute atomic E-state index is 14.6. The Balaban J connectivity index is 1.48. The summed E-state index contributed by atoms with van der Waals surface area (Å²) in [6.07, 6.45) is -3.87. The summed E-state index contributed by atoms with van der Waals surface area (Å²) in [5.74, 6) is -21.4. The molecule has 15 amide bonds. The van der Waals surface area contributed by atoms with Crippen LogP contribution in [-0.2, 0) is 101 Å². The van der Waals surface area contributed by atoms with Crippen LogP contribution in [0.4, 0.5) is 0 Å². The zero-order valence-electron chi connectivity index (χ0n) is 60.9. The fraction of sp³-hybridized carbons (Fsp3) is 0.561. The summed E-state index contributed by atoms with van der Waals surface area (Å²) >= 11 is 0. The average molecular weight is 1560 g/mol. The van der Waals surface area contributed by atoms with E-state index in [0.717, 1.165) is 25.7 Å². The minimum absolute atomic E-state index is 0.0817. The number of aromatic amines is 2. The number of benzene rings is 1. The van der Waals surface area contributed by atoms with Gasteiger partial charge in [0.25, 0.3) is 0 Å². The molecule has 1 fully saturated rings.